The van der Waals surface area contributed by atoms with Gasteiger partial charge in [-0.3, -0.25) is 0 Å². The minimum absolute atomic E-state index is 0.0405. The van der Waals surface area contributed by atoms with Crippen LogP contribution in [0, 0.1) is 46.3 Å². The summed E-state index contributed by atoms with van der Waals surface area (Å²) in [6, 6.07) is 0. The first kappa shape index (κ1) is 24.6. The monoisotopic (exact) mass is 440 g/mol. The Morgan fingerprint density at radius 1 is 1.00 bits per heavy atom. The lowest BCUT2D eigenvalue weighted by Gasteiger charge is -2.55. The van der Waals surface area contributed by atoms with Crippen LogP contribution in [-0.4, -0.2) is 11.2 Å². The zero-order valence-corrected chi connectivity index (χ0v) is 22.3. The van der Waals surface area contributed by atoms with E-state index in [1.54, 1.807) is 5.57 Å². The maximum atomic E-state index is 10.3. The number of allylic oxidation sites excluding steroid dienone is 4. The van der Waals surface area contributed by atoms with Crippen LogP contribution < -0.4 is 0 Å². The first-order chi connectivity index (χ1) is 15.1. The molecule has 2 saturated carbocycles. The number of fused-ring (bicyclic) bond motifs is 4. The number of aliphatic hydroxyl groups is 1. The van der Waals surface area contributed by atoms with Gasteiger partial charge in [-0.15, -0.1) is 0 Å². The van der Waals surface area contributed by atoms with E-state index < -0.39 is 0 Å². The van der Waals surface area contributed by atoms with Crippen LogP contribution in [0.3, 0.4) is 0 Å². The van der Waals surface area contributed by atoms with Crippen molar-refractivity contribution in [1.82, 2.24) is 0 Å². The predicted molar refractivity (Wildman–Crippen MR) is 137 cm³/mol. The summed E-state index contributed by atoms with van der Waals surface area (Å²) in [5, 5.41) is 10.3. The SMILES string of the molecule is CC(C)C=C(CC[C@@H](C)[C@H]1CC[C@H]2C3=C(CC[C@]12C)[C@@]1(C)CCC(O)CC1CC3)C(C)C. The molecular formula is C31H52O. The fourth-order valence-corrected chi connectivity index (χ4v) is 9.00. The van der Waals surface area contributed by atoms with Crippen LogP contribution >= 0.6 is 0 Å². The highest BCUT2D eigenvalue weighted by Crippen LogP contribution is 2.66. The lowest BCUT2D eigenvalue weighted by atomic mass is 9.50. The molecule has 2 fully saturated rings. The molecule has 1 heteroatoms. The van der Waals surface area contributed by atoms with Gasteiger partial charge in [-0.25, -0.2) is 0 Å². The standard InChI is InChI=1S/C31H52O/c1-20(2)18-23(21(3)4)9-8-22(5)27-12-13-28-26-11-10-24-19-25(32)14-16-30(24,6)29(26)15-17-31(27,28)7/h18,20-22,24-25,27-28,32H,8-17,19H2,1-7H3/t22-,24?,25?,27-,28+,30+,31-/m1/s1. The lowest BCUT2D eigenvalue weighted by Crippen LogP contribution is -2.45. The molecule has 4 aliphatic carbocycles. The maximum absolute atomic E-state index is 10.3. The molecule has 0 spiro atoms. The molecule has 2 unspecified atom stereocenters. The van der Waals surface area contributed by atoms with Gasteiger partial charge < -0.3 is 5.11 Å². The molecule has 0 radical (unpaired) electrons. The Labute approximate surface area is 199 Å². The first-order valence-corrected chi connectivity index (χ1v) is 14.2. The van der Waals surface area contributed by atoms with E-state index in [2.05, 4.69) is 54.5 Å². The van der Waals surface area contributed by atoms with Crippen molar-refractivity contribution in [2.75, 3.05) is 0 Å². The van der Waals surface area contributed by atoms with Crippen molar-refractivity contribution in [3.63, 3.8) is 0 Å². The van der Waals surface area contributed by atoms with Crippen LogP contribution in [0.1, 0.15) is 119 Å². The summed E-state index contributed by atoms with van der Waals surface area (Å²) in [6.45, 7) is 17.2. The van der Waals surface area contributed by atoms with Crippen molar-refractivity contribution in [3.8, 4) is 0 Å². The third kappa shape index (κ3) is 4.30. The van der Waals surface area contributed by atoms with E-state index in [1.165, 1.54) is 57.8 Å². The van der Waals surface area contributed by atoms with Gasteiger partial charge in [0.25, 0.3) is 0 Å². The normalized spacial score (nSPS) is 41.0. The highest BCUT2D eigenvalue weighted by Gasteiger charge is 2.55. The lowest BCUT2D eigenvalue weighted by molar-refractivity contribution is 0.0133. The number of aliphatic hydroxyl groups excluding tert-OH is 1. The molecule has 0 aromatic rings. The van der Waals surface area contributed by atoms with Crippen LogP contribution in [0.25, 0.3) is 0 Å². The van der Waals surface area contributed by atoms with E-state index in [0.29, 0.717) is 22.7 Å². The third-order valence-corrected chi connectivity index (χ3v) is 10.9. The fourth-order valence-electron chi connectivity index (χ4n) is 9.00. The summed E-state index contributed by atoms with van der Waals surface area (Å²) in [7, 11) is 0. The van der Waals surface area contributed by atoms with E-state index in [9.17, 15) is 5.11 Å². The second kappa shape index (κ2) is 9.24. The molecule has 0 aliphatic heterocycles. The van der Waals surface area contributed by atoms with E-state index in [0.717, 1.165) is 36.5 Å². The Morgan fingerprint density at radius 2 is 1.75 bits per heavy atom. The number of hydrogen-bond donors (Lipinski definition) is 1. The Bertz CT molecular complexity index is 742. The van der Waals surface area contributed by atoms with Crippen molar-refractivity contribution in [2.45, 2.75) is 125 Å². The summed E-state index contributed by atoms with van der Waals surface area (Å²) in [5.41, 5.74) is 6.39. The van der Waals surface area contributed by atoms with Gasteiger partial charge in [0.2, 0.25) is 0 Å². The Balaban J connectivity index is 1.50. The highest BCUT2D eigenvalue weighted by molar-refractivity contribution is 5.34. The molecular weight excluding hydrogens is 388 g/mol. The van der Waals surface area contributed by atoms with Crippen molar-refractivity contribution in [3.05, 3.63) is 22.8 Å². The molecule has 0 heterocycles. The van der Waals surface area contributed by atoms with Gasteiger partial charge in [0.05, 0.1) is 6.10 Å². The van der Waals surface area contributed by atoms with Crippen LogP contribution in [0.5, 0.6) is 0 Å². The predicted octanol–water partition coefficient (Wildman–Crippen LogP) is 8.73. The van der Waals surface area contributed by atoms with Crippen LogP contribution in [-0.2, 0) is 0 Å². The van der Waals surface area contributed by atoms with E-state index >= 15 is 0 Å². The molecule has 4 aliphatic rings. The molecule has 0 bridgehead atoms. The fraction of sp³-hybridized carbons (Fsp3) is 0.871. The minimum Gasteiger partial charge on any atom is -0.393 e. The maximum Gasteiger partial charge on any atom is 0.0543 e. The average molecular weight is 441 g/mol. The van der Waals surface area contributed by atoms with Crippen molar-refractivity contribution in [1.29, 1.82) is 0 Å². The molecule has 0 aromatic heterocycles. The second-order valence-electron chi connectivity index (χ2n) is 13.5. The quantitative estimate of drug-likeness (QED) is 0.409. The van der Waals surface area contributed by atoms with Gasteiger partial charge in [0.1, 0.15) is 0 Å². The van der Waals surface area contributed by atoms with Crippen molar-refractivity contribution in [2.24, 2.45) is 46.3 Å². The van der Waals surface area contributed by atoms with Crippen LogP contribution in [0.15, 0.2) is 22.8 Å². The van der Waals surface area contributed by atoms with Crippen LogP contribution in [0.4, 0.5) is 0 Å². The molecule has 0 amide bonds. The largest absolute Gasteiger partial charge is 0.393 e. The summed E-state index contributed by atoms with van der Waals surface area (Å²) < 4.78 is 0. The van der Waals surface area contributed by atoms with Gasteiger partial charge in [0.15, 0.2) is 0 Å². The summed E-state index contributed by atoms with van der Waals surface area (Å²) in [4.78, 5) is 0. The van der Waals surface area contributed by atoms with E-state index in [1.807, 2.05) is 11.1 Å². The van der Waals surface area contributed by atoms with Gasteiger partial charge in [0, 0.05) is 0 Å². The minimum atomic E-state index is -0.0405. The number of hydrogen-bond acceptors (Lipinski definition) is 1. The zero-order chi connectivity index (χ0) is 23.3. The van der Waals surface area contributed by atoms with E-state index in [4.69, 9.17) is 0 Å². The van der Waals surface area contributed by atoms with Crippen LogP contribution in [0.2, 0.25) is 0 Å². The van der Waals surface area contributed by atoms with E-state index in [-0.39, 0.29) is 6.10 Å². The molecule has 0 aromatic carbocycles. The Morgan fingerprint density at radius 3 is 2.44 bits per heavy atom. The molecule has 182 valence electrons. The Kier molecular flexibility index (Phi) is 7.09. The molecule has 1 N–H and O–H groups in total. The van der Waals surface area contributed by atoms with Gasteiger partial charge in [-0.2, -0.15) is 0 Å². The molecule has 32 heavy (non-hydrogen) atoms. The first-order valence-electron chi connectivity index (χ1n) is 14.2. The second-order valence-corrected chi connectivity index (χ2v) is 13.5. The van der Waals surface area contributed by atoms with Gasteiger partial charge >= 0.3 is 0 Å². The topological polar surface area (TPSA) is 20.2 Å². The summed E-state index contributed by atoms with van der Waals surface area (Å²) in [5.74, 6) is 4.65. The summed E-state index contributed by atoms with van der Waals surface area (Å²) >= 11 is 0. The molecule has 1 nitrogen and oxygen atoms in total. The third-order valence-electron chi connectivity index (χ3n) is 10.9. The van der Waals surface area contributed by atoms with Crippen molar-refractivity contribution >= 4 is 0 Å². The number of rotatable bonds is 6. The molecule has 7 atom stereocenters. The Hall–Kier alpha value is -0.560. The molecule has 0 saturated heterocycles. The zero-order valence-electron chi connectivity index (χ0n) is 22.3. The van der Waals surface area contributed by atoms with Crippen molar-refractivity contribution < 1.29 is 5.11 Å². The average Bonchev–Trinajstić information content (AvgIpc) is 3.08. The van der Waals surface area contributed by atoms with Gasteiger partial charge in [-0.1, -0.05) is 71.3 Å². The van der Waals surface area contributed by atoms with Gasteiger partial charge in [-0.05, 0) is 117 Å². The smallest absolute Gasteiger partial charge is 0.0543 e. The summed E-state index contributed by atoms with van der Waals surface area (Å²) in [6.07, 6.45) is 16.8. The highest BCUT2D eigenvalue weighted by atomic mass is 16.3. The molecule has 4 rings (SSSR count).